The highest BCUT2D eigenvalue weighted by molar-refractivity contribution is 5.81. The predicted molar refractivity (Wildman–Crippen MR) is 84.8 cm³/mol. The molecular weight excluding hydrogens is 264 g/mol. The second-order valence-corrected chi connectivity index (χ2v) is 5.48. The number of nitrogens with two attached hydrogens (primary N) is 1. The van der Waals surface area contributed by atoms with Crippen molar-refractivity contribution in [2.75, 3.05) is 6.54 Å². The summed E-state index contributed by atoms with van der Waals surface area (Å²) in [4.78, 5) is 16.2. The van der Waals surface area contributed by atoms with Crippen molar-refractivity contribution in [3.63, 3.8) is 0 Å². The first kappa shape index (κ1) is 15.5. The van der Waals surface area contributed by atoms with Crippen LogP contribution in [-0.2, 0) is 11.3 Å². The van der Waals surface area contributed by atoms with Crippen molar-refractivity contribution in [1.29, 1.82) is 0 Å². The van der Waals surface area contributed by atoms with E-state index < -0.39 is 6.04 Å². The quantitative estimate of drug-likeness (QED) is 0.764. The Morgan fingerprint density at radius 3 is 2.95 bits per heavy atom. The molecule has 0 saturated carbocycles. The Hall–Kier alpha value is -1.88. The van der Waals surface area contributed by atoms with E-state index in [9.17, 15) is 4.79 Å². The van der Waals surface area contributed by atoms with Gasteiger partial charge in [-0.05, 0) is 24.5 Å². The Bertz CT molecular complexity index is 593. The van der Waals surface area contributed by atoms with Gasteiger partial charge in [0, 0.05) is 13.1 Å². The van der Waals surface area contributed by atoms with E-state index in [4.69, 9.17) is 5.73 Å². The molecule has 0 radical (unpaired) electrons. The minimum Gasteiger partial charge on any atom is -0.355 e. The molecule has 0 bridgehead atoms. The zero-order valence-electron chi connectivity index (χ0n) is 12.7. The van der Waals surface area contributed by atoms with Gasteiger partial charge in [-0.2, -0.15) is 0 Å². The summed E-state index contributed by atoms with van der Waals surface area (Å²) in [6.45, 7) is 5.51. The Morgan fingerprint density at radius 1 is 1.43 bits per heavy atom. The van der Waals surface area contributed by atoms with E-state index in [1.54, 1.807) is 0 Å². The van der Waals surface area contributed by atoms with Crippen molar-refractivity contribution in [2.45, 2.75) is 39.3 Å². The fraction of sp³-hybridized carbons (Fsp3) is 0.500. The van der Waals surface area contributed by atoms with Crippen LogP contribution in [0.1, 0.15) is 26.7 Å². The molecule has 114 valence electrons. The second kappa shape index (κ2) is 7.22. The van der Waals surface area contributed by atoms with Gasteiger partial charge in [0.2, 0.25) is 5.91 Å². The summed E-state index contributed by atoms with van der Waals surface area (Å²) < 4.78 is 2.11. The van der Waals surface area contributed by atoms with Crippen LogP contribution < -0.4 is 11.1 Å². The van der Waals surface area contributed by atoms with Crippen LogP contribution in [0.5, 0.6) is 0 Å². The monoisotopic (exact) mass is 288 g/mol. The summed E-state index contributed by atoms with van der Waals surface area (Å²) in [6, 6.07) is 7.63. The lowest BCUT2D eigenvalue weighted by Gasteiger charge is -2.17. The van der Waals surface area contributed by atoms with Crippen LogP contribution >= 0.6 is 0 Å². The Labute approximate surface area is 125 Å². The molecule has 1 aromatic carbocycles. The average Bonchev–Trinajstić information content (AvgIpc) is 2.93. The largest absolute Gasteiger partial charge is 0.355 e. The van der Waals surface area contributed by atoms with Crippen molar-refractivity contribution >= 4 is 16.9 Å². The average molecular weight is 288 g/mol. The highest BCUT2D eigenvalue weighted by Gasteiger charge is 2.18. The minimum atomic E-state index is -0.413. The number of para-hydroxylation sites is 2. The summed E-state index contributed by atoms with van der Waals surface area (Å²) in [5.41, 5.74) is 8.02. The van der Waals surface area contributed by atoms with Crippen molar-refractivity contribution < 1.29 is 4.79 Å². The Kier molecular flexibility index (Phi) is 5.33. The molecule has 2 rings (SSSR count). The predicted octanol–water partition coefficient (Wildman–Crippen LogP) is 1.92. The molecule has 3 N–H and O–H groups in total. The van der Waals surface area contributed by atoms with Crippen molar-refractivity contribution in [3.05, 3.63) is 30.6 Å². The van der Waals surface area contributed by atoms with E-state index in [1.165, 1.54) is 0 Å². The number of hydrogen-bond donors (Lipinski definition) is 2. The number of amides is 1. The van der Waals surface area contributed by atoms with E-state index in [-0.39, 0.29) is 11.8 Å². The van der Waals surface area contributed by atoms with Gasteiger partial charge in [0.05, 0.1) is 23.4 Å². The first-order valence-electron chi connectivity index (χ1n) is 7.56. The number of imidazole rings is 1. The van der Waals surface area contributed by atoms with Crippen LogP contribution in [0, 0.1) is 5.92 Å². The summed E-state index contributed by atoms with van der Waals surface area (Å²) in [7, 11) is 0. The fourth-order valence-corrected chi connectivity index (χ4v) is 2.28. The van der Waals surface area contributed by atoms with Crippen molar-refractivity contribution in [3.8, 4) is 0 Å². The third-order valence-electron chi connectivity index (χ3n) is 3.96. The van der Waals surface area contributed by atoms with Crippen LogP contribution in [0.25, 0.3) is 11.0 Å². The Morgan fingerprint density at radius 2 is 2.19 bits per heavy atom. The van der Waals surface area contributed by atoms with Gasteiger partial charge in [0.25, 0.3) is 0 Å². The molecule has 2 atom stereocenters. The fourth-order valence-electron chi connectivity index (χ4n) is 2.28. The molecule has 0 aliphatic rings. The maximum atomic E-state index is 11.9. The molecule has 0 aliphatic carbocycles. The molecule has 1 unspecified atom stereocenters. The number of aryl methyl sites for hydroxylation is 1. The number of rotatable bonds is 7. The standard InChI is InChI=1S/C16H24N4O/c1-3-12(2)15(17)16(21)18-9-6-10-20-11-19-13-7-4-5-8-14(13)20/h4-5,7-8,11-12,15H,3,6,9-10,17H2,1-2H3,(H,18,21)/t12?,15-/m0/s1. The number of nitrogens with one attached hydrogen (secondary N) is 1. The van der Waals surface area contributed by atoms with Crippen LogP contribution in [0.2, 0.25) is 0 Å². The molecule has 1 heterocycles. The van der Waals surface area contributed by atoms with Gasteiger partial charge in [0.1, 0.15) is 0 Å². The Balaban J connectivity index is 1.78. The summed E-state index contributed by atoms with van der Waals surface area (Å²) in [5.74, 6) is 0.155. The van der Waals surface area contributed by atoms with Gasteiger partial charge in [-0.3, -0.25) is 4.79 Å². The zero-order chi connectivity index (χ0) is 15.2. The number of aromatic nitrogens is 2. The topological polar surface area (TPSA) is 72.9 Å². The van der Waals surface area contributed by atoms with Gasteiger partial charge in [0.15, 0.2) is 0 Å². The van der Waals surface area contributed by atoms with Crippen LogP contribution in [0.3, 0.4) is 0 Å². The smallest absolute Gasteiger partial charge is 0.237 e. The van der Waals surface area contributed by atoms with Gasteiger partial charge in [-0.25, -0.2) is 4.98 Å². The van der Waals surface area contributed by atoms with Gasteiger partial charge in [-0.15, -0.1) is 0 Å². The maximum Gasteiger partial charge on any atom is 0.237 e. The first-order chi connectivity index (χ1) is 10.1. The van der Waals surface area contributed by atoms with Gasteiger partial charge >= 0.3 is 0 Å². The maximum absolute atomic E-state index is 11.9. The number of hydrogen-bond acceptors (Lipinski definition) is 3. The van der Waals surface area contributed by atoms with Gasteiger partial charge in [-0.1, -0.05) is 32.4 Å². The highest BCUT2D eigenvalue weighted by Crippen LogP contribution is 2.12. The number of carbonyl (C=O) groups excluding carboxylic acids is 1. The lowest BCUT2D eigenvalue weighted by molar-refractivity contribution is -0.123. The molecule has 1 aromatic heterocycles. The normalized spacial score (nSPS) is 14.0. The van der Waals surface area contributed by atoms with Crippen molar-refractivity contribution in [1.82, 2.24) is 14.9 Å². The molecule has 0 spiro atoms. The van der Waals surface area contributed by atoms with Gasteiger partial charge < -0.3 is 15.6 Å². The van der Waals surface area contributed by atoms with E-state index in [1.807, 2.05) is 38.4 Å². The van der Waals surface area contributed by atoms with Crippen LogP contribution in [-0.4, -0.2) is 28.0 Å². The molecule has 5 nitrogen and oxygen atoms in total. The molecule has 5 heteroatoms. The lowest BCUT2D eigenvalue weighted by Crippen LogP contribution is -2.44. The number of benzene rings is 1. The summed E-state index contributed by atoms with van der Waals surface area (Å²) in [5, 5.41) is 2.91. The van der Waals surface area contributed by atoms with Crippen LogP contribution in [0.15, 0.2) is 30.6 Å². The zero-order valence-corrected chi connectivity index (χ0v) is 12.7. The SMILES string of the molecule is CCC(C)[C@H](N)C(=O)NCCCn1cnc2ccccc21. The second-order valence-electron chi connectivity index (χ2n) is 5.48. The molecule has 0 aliphatic heterocycles. The van der Waals surface area contributed by atoms with E-state index in [0.717, 1.165) is 30.4 Å². The number of fused-ring (bicyclic) bond motifs is 1. The lowest BCUT2D eigenvalue weighted by atomic mass is 9.99. The number of nitrogens with zero attached hydrogens (tertiary/aromatic N) is 2. The minimum absolute atomic E-state index is 0.0557. The molecule has 0 fully saturated rings. The summed E-state index contributed by atoms with van der Waals surface area (Å²) >= 11 is 0. The van der Waals surface area contributed by atoms with E-state index in [0.29, 0.717) is 6.54 Å². The van der Waals surface area contributed by atoms with Crippen LogP contribution in [0.4, 0.5) is 0 Å². The molecule has 2 aromatic rings. The van der Waals surface area contributed by atoms with E-state index in [2.05, 4.69) is 20.9 Å². The molecular formula is C16H24N4O. The first-order valence-corrected chi connectivity index (χ1v) is 7.56. The highest BCUT2D eigenvalue weighted by atomic mass is 16.2. The molecule has 21 heavy (non-hydrogen) atoms. The molecule has 0 saturated heterocycles. The third kappa shape index (κ3) is 3.82. The number of carbonyl (C=O) groups is 1. The molecule has 1 amide bonds. The summed E-state index contributed by atoms with van der Waals surface area (Å²) in [6.07, 6.45) is 3.62. The van der Waals surface area contributed by atoms with Crippen molar-refractivity contribution in [2.24, 2.45) is 11.7 Å². The third-order valence-corrected chi connectivity index (χ3v) is 3.96. The van der Waals surface area contributed by atoms with E-state index >= 15 is 0 Å².